The van der Waals surface area contributed by atoms with Crippen molar-refractivity contribution in [2.45, 2.75) is 23.3 Å². The number of anilines is 1. The lowest BCUT2D eigenvalue weighted by Gasteiger charge is -2.19. The molecule has 0 spiro atoms. The predicted molar refractivity (Wildman–Crippen MR) is 133 cm³/mol. The highest BCUT2D eigenvalue weighted by atomic mass is 32.2. The molecular formula is C25H23N3O8S. The molecule has 37 heavy (non-hydrogen) atoms. The average Bonchev–Trinajstić information content (AvgIpc) is 3.62. The van der Waals surface area contributed by atoms with Gasteiger partial charge in [0.05, 0.1) is 17.1 Å². The van der Waals surface area contributed by atoms with Crippen LogP contribution >= 0.6 is 0 Å². The summed E-state index contributed by atoms with van der Waals surface area (Å²) in [6.45, 7) is 0.400. The van der Waals surface area contributed by atoms with Crippen LogP contribution in [0.3, 0.4) is 0 Å². The van der Waals surface area contributed by atoms with Crippen molar-refractivity contribution in [1.82, 2.24) is 4.98 Å². The van der Waals surface area contributed by atoms with E-state index in [2.05, 4.69) is 15.5 Å². The Balaban J connectivity index is 1.58. The van der Waals surface area contributed by atoms with Gasteiger partial charge in [0.1, 0.15) is 28.5 Å². The SMILES string of the molecule is COCC1(Oc2cc(NC(=O)c3ccc(C(=O)N=O)cn3)cc(Oc3ccc(S(C)(=O)=O)cc3)c2)CC1. The van der Waals surface area contributed by atoms with E-state index in [9.17, 15) is 22.9 Å². The van der Waals surface area contributed by atoms with Crippen molar-refractivity contribution in [3.8, 4) is 17.2 Å². The molecule has 1 saturated carbocycles. The number of carbonyl (C=O) groups excluding carboxylic acids is 2. The molecule has 1 aliphatic carbocycles. The quantitative estimate of drug-likeness (QED) is 0.387. The second-order valence-electron chi connectivity index (χ2n) is 8.54. The number of benzene rings is 2. The Morgan fingerprint density at radius 1 is 1.03 bits per heavy atom. The summed E-state index contributed by atoms with van der Waals surface area (Å²) < 4.78 is 40.8. The van der Waals surface area contributed by atoms with Gasteiger partial charge in [-0.25, -0.2) is 8.42 Å². The fourth-order valence-electron chi connectivity index (χ4n) is 3.48. The van der Waals surface area contributed by atoms with Gasteiger partial charge in [0.25, 0.3) is 5.91 Å². The van der Waals surface area contributed by atoms with Crippen molar-refractivity contribution >= 4 is 27.3 Å². The Hall–Kier alpha value is -4.16. The van der Waals surface area contributed by atoms with Crippen LogP contribution in [-0.2, 0) is 14.6 Å². The van der Waals surface area contributed by atoms with Gasteiger partial charge >= 0.3 is 5.91 Å². The third-order valence-corrected chi connectivity index (χ3v) is 6.63. The third kappa shape index (κ3) is 6.54. The molecule has 3 aromatic rings. The van der Waals surface area contributed by atoms with E-state index in [1.54, 1.807) is 25.3 Å². The molecule has 1 fully saturated rings. The second kappa shape index (κ2) is 10.4. The summed E-state index contributed by atoms with van der Waals surface area (Å²) in [7, 11) is -1.76. The molecule has 0 radical (unpaired) electrons. The first-order chi connectivity index (χ1) is 17.6. The van der Waals surface area contributed by atoms with Crippen LogP contribution in [0.2, 0.25) is 0 Å². The number of pyridine rings is 1. The molecule has 4 rings (SSSR count). The molecule has 1 heterocycles. The average molecular weight is 526 g/mol. The number of hydrogen-bond acceptors (Lipinski definition) is 9. The first-order valence-corrected chi connectivity index (χ1v) is 13.0. The van der Waals surface area contributed by atoms with Crippen molar-refractivity contribution in [1.29, 1.82) is 0 Å². The highest BCUT2D eigenvalue weighted by Gasteiger charge is 2.45. The third-order valence-electron chi connectivity index (χ3n) is 5.50. The maximum Gasteiger partial charge on any atom is 0.318 e. The molecule has 0 bridgehead atoms. The minimum Gasteiger partial charge on any atom is -0.485 e. The molecule has 12 heteroatoms. The zero-order chi connectivity index (χ0) is 26.6. The van der Waals surface area contributed by atoms with Crippen molar-refractivity contribution in [2.24, 2.45) is 5.18 Å². The number of nitrogens with one attached hydrogen (secondary N) is 1. The number of carbonyl (C=O) groups is 2. The molecular weight excluding hydrogens is 502 g/mol. The zero-order valence-corrected chi connectivity index (χ0v) is 20.8. The highest BCUT2D eigenvalue weighted by Crippen LogP contribution is 2.42. The van der Waals surface area contributed by atoms with E-state index in [4.69, 9.17) is 14.2 Å². The normalized spacial score (nSPS) is 13.9. The van der Waals surface area contributed by atoms with E-state index in [0.29, 0.717) is 29.5 Å². The van der Waals surface area contributed by atoms with E-state index in [1.165, 1.54) is 36.4 Å². The van der Waals surface area contributed by atoms with E-state index in [-0.39, 0.29) is 16.2 Å². The number of nitroso groups, excluding NO2 is 1. The summed E-state index contributed by atoms with van der Waals surface area (Å²) in [6.07, 6.45) is 3.83. The van der Waals surface area contributed by atoms with Crippen LogP contribution < -0.4 is 14.8 Å². The number of ether oxygens (including phenoxy) is 3. The minimum absolute atomic E-state index is 0.00523. The first kappa shape index (κ1) is 25.9. The lowest BCUT2D eigenvalue weighted by Crippen LogP contribution is -2.24. The predicted octanol–water partition coefficient (Wildman–Crippen LogP) is 3.99. The molecule has 2 aromatic carbocycles. The van der Waals surface area contributed by atoms with Gasteiger partial charge in [-0.05, 0) is 49.2 Å². The summed E-state index contributed by atoms with van der Waals surface area (Å²) in [4.78, 5) is 38.6. The maximum absolute atomic E-state index is 12.8. The summed E-state index contributed by atoms with van der Waals surface area (Å²) in [5, 5.41) is 5.04. The molecule has 0 atom stereocenters. The summed E-state index contributed by atoms with van der Waals surface area (Å²) in [5.74, 6) is -0.414. The number of hydrogen-bond donors (Lipinski definition) is 1. The van der Waals surface area contributed by atoms with E-state index >= 15 is 0 Å². The van der Waals surface area contributed by atoms with Crippen molar-refractivity contribution in [3.05, 3.63) is 77.0 Å². The van der Waals surface area contributed by atoms with Crippen LogP contribution in [-0.4, -0.2) is 50.8 Å². The lowest BCUT2D eigenvalue weighted by molar-refractivity contribution is 0.0638. The standard InChI is InChI=1S/C25H23N3O8S/c1-34-15-25(9-10-25)36-20-12-17(27-24(30)22-8-3-16(14-26-22)23(29)28-31)11-19(13-20)35-18-4-6-21(7-5-18)37(2,32)33/h3-8,11-14H,9-10,15H2,1-2H3,(H,27,30). The lowest BCUT2D eigenvalue weighted by atomic mass is 10.2. The van der Waals surface area contributed by atoms with Crippen molar-refractivity contribution in [3.63, 3.8) is 0 Å². The summed E-state index contributed by atoms with van der Waals surface area (Å²) in [5.41, 5.74) is -0.143. The van der Waals surface area contributed by atoms with Gasteiger partial charge in [-0.3, -0.25) is 14.6 Å². The Morgan fingerprint density at radius 3 is 2.30 bits per heavy atom. The Morgan fingerprint density at radius 2 is 1.73 bits per heavy atom. The molecule has 1 aromatic heterocycles. The van der Waals surface area contributed by atoms with Crippen LogP contribution in [0.15, 0.2) is 70.9 Å². The molecule has 1 aliphatic rings. The zero-order valence-electron chi connectivity index (χ0n) is 20.0. The second-order valence-corrected chi connectivity index (χ2v) is 10.6. The van der Waals surface area contributed by atoms with Gasteiger partial charge in [-0.15, -0.1) is 4.91 Å². The number of methoxy groups -OCH3 is 1. The number of sulfone groups is 1. The number of rotatable bonds is 10. The van der Waals surface area contributed by atoms with Crippen LogP contribution in [0.4, 0.5) is 5.69 Å². The number of amides is 2. The first-order valence-electron chi connectivity index (χ1n) is 11.1. The Bertz CT molecular complexity index is 1430. The van der Waals surface area contributed by atoms with Gasteiger partial charge in [0, 0.05) is 48.6 Å². The van der Waals surface area contributed by atoms with E-state index in [0.717, 1.165) is 25.3 Å². The van der Waals surface area contributed by atoms with E-state index in [1.807, 2.05) is 0 Å². The summed E-state index contributed by atoms with van der Waals surface area (Å²) >= 11 is 0. The van der Waals surface area contributed by atoms with Crippen molar-refractivity contribution in [2.75, 3.05) is 25.3 Å². The van der Waals surface area contributed by atoms with Gasteiger partial charge in [-0.1, -0.05) is 0 Å². The van der Waals surface area contributed by atoms with Gasteiger partial charge < -0.3 is 19.5 Å². The van der Waals surface area contributed by atoms with Gasteiger partial charge in [-0.2, -0.15) is 0 Å². The molecule has 1 N–H and O–H groups in total. The minimum atomic E-state index is -3.35. The van der Waals surface area contributed by atoms with Gasteiger partial charge in [0.15, 0.2) is 9.84 Å². The van der Waals surface area contributed by atoms with Gasteiger partial charge in [0.2, 0.25) is 0 Å². The Labute approximate surface area is 212 Å². The molecule has 0 aliphatic heterocycles. The largest absolute Gasteiger partial charge is 0.485 e. The van der Waals surface area contributed by atoms with E-state index < -0.39 is 27.3 Å². The monoisotopic (exact) mass is 525 g/mol. The van der Waals surface area contributed by atoms with Crippen LogP contribution in [0.1, 0.15) is 33.7 Å². The Kier molecular flexibility index (Phi) is 7.32. The number of nitrogens with zero attached hydrogens (tertiary/aromatic N) is 2. The molecule has 2 amide bonds. The molecule has 192 valence electrons. The topological polar surface area (TPSA) is 150 Å². The fraction of sp³-hybridized carbons (Fsp3) is 0.240. The van der Waals surface area contributed by atoms with Crippen LogP contribution in [0, 0.1) is 4.91 Å². The number of aromatic nitrogens is 1. The fourth-order valence-corrected chi connectivity index (χ4v) is 4.11. The van der Waals surface area contributed by atoms with Crippen molar-refractivity contribution < 1.29 is 32.2 Å². The summed E-state index contributed by atoms with van der Waals surface area (Å²) in [6, 6.07) is 13.3. The van der Waals surface area contributed by atoms with Crippen LogP contribution in [0.25, 0.3) is 0 Å². The smallest absolute Gasteiger partial charge is 0.318 e. The van der Waals surface area contributed by atoms with Crippen LogP contribution in [0.5, 0.6) is 17.2 Å². The molecule has 0 saturated heterocycles. The molecule has 0 unspecified atom stereocenters. The molecule has 11 nitrogen and oxygen atoms in total. The maximum atomic E-state index is 12.8. The highest BCUT2D eigenvalue weighted by molar-refractivity contribution is 7.90.